The maximum absolute atomic E-state index is 13.0. The van der Waals surface area contributed by atoms with E-state index in [0.29, 0.717) is 49.8 Å². The van der Waals surface area contributed by atoms with Crippen LogP contribution in [0.4, 0.5) is 0 Å². The molecular formula is C28H31N3O5. The summed E-state index contributed by atoms with van der Waals surface area (Å²) in [6, 6.07) is 19.3. The molecule has 2 N–H and O–H groups in total. The number of piperazine rings is 1. The number of amides is 1. The van der Waals surface area contributed by atoms with Gasteiger partial charge in [0.2, 0.25) is 0 Å². The summed E-state index contributed by atoms with van der Waals surface area (Å²) in [6.45, 7) is 3.25. The highest BCUT2D eigenvalue weighted by Gasteiger charge is 2.24. The van der Waals surface area contributed by atoms with E-state index in [0.717, 1.165) is 27.6 Å². The van der Waals surface area contributed by atoms with Crippen LogP contribution in [0.1, 0.15) is 10.4 Å². The standard InChI is InChI=1S/C28H31N3O5/c1-34-24-11-10-19(16-26(24)35-2)28(33)31-14-12-30(13-15-31)17-20(32)18-36-25-9-5-8-23-27(25)21-6-3-4-7-22(21)29-23/h3-11,16,20,29,32H,12-15,17-18H2,1-2H3. The molecule has 188 valence electrons. The van der Waals surface area contributed by atoms with Crippen LogP contribution in [-0.4, -0.2) is 85.5 Å². The molecule has 4 aromatic rings. The lowest BCUT2D eigenvalue weighted by molar-refractivity contribution is 0.0406. The molecule has 1 saturated heterocycles. The molecule has 1 unspecified atom stereocenters. The number of hydrogen-bond donors (Lipinski definition) is 2. The van der Waals surface area contributed by atoms with Crippen LogP contribution >= 0.6 is 0 Å². The third-order valence-corrected chi connectivity index (χ3v) is 6.68. The minimum atomic E-state index is -0.640. The summed E-state index contributed by atoms with van der Waals surface area (Å²) >= 11 is 0. The second-order valence-electron chi connectivity index (χ2n) is 8.98. The number of rotatable bonds is 8. The molecule has 1 amide bonds. The normalized spacial score (nSPS) is 15.2. The van der Waals surface area contributed by atoms with Crippen molar-refractivity contribution in [1.29, 1.82) is 0 Å². The van der Waals surface area contributed by atoms with Crippen LogP contribution in [0.25, 0.3) is 21.8 Å². The fourth-order valence-electron chi connectivity index (χ4n) is 4.81. The molecule has 1 aromatic heterocycles. The van der Waals surface area contributed by atoms with Crippen molar-refractivity contribution in [1.82, 2.24) is 14.8 Å². The van der Waals surface area contributed by atoms with E-state index in [2.05, 4.69) is 16.0 Å². The topological polar surface area (TPSA) is 87.3 Å². The van der Waals surface area contributed by atoms with Crippen molar-refractivity contribution < 1.29 is 24.1 Å². The Bertz CT molecular complexity index is 1360. The zero-order valence-electron chi connectivity index (χ0n) is 20.6. The van der Waals surface area contributed by atoms with E-state index >= 15 is 0 Å². The Hall–Kier alpha value is -3.75. The van der Waals surface area contributed by atoms with Gasteiger partial charge in [0, 0.05) is 54.6 Å². The highest BCUT2D eigenvalue weighted by molar-refractivity contribution is 6.10. The van der Waals surface area contributed by atoms with Gasteiger partial charge >= 0.3 is 0 Å². The summed E-state index contributed by atoms with van der Waals surface area (Å²) in [4.78, 5) is 20.4. The lowest BCUT2D eigenvalue weighted by atomic mass is 10.1. The second-order valence-corrected chi connectivity index (χ2v) is 8.98. The molecule has 2 heterocycles. The fourth-order valence-corrected chi connectivity index (χ4v) is 4.81. The lowest BCUT2D eigenvalue weighted by Gasteiger charge is -2.35. The van der Waals surface area contributed by atoms with Crippen molar-refractivity contribution in [3.8, 4) is 17.2 Å². The van der Waals surface area contributed by atoms with Gasteiger partial charge in [-0.1, -0.05) is 24.3 Å². The predicted octanol–water partition coefficient (Wildman–Crippen LogP) is 3.54. The van der Waals surface area contributed by atoms with Gasteiger partial charge in [-0.3, -0.25) is 9.69 Å². The molecule has 0 aliphatic carbocycles. The third-order valence-electron chi connectivity index (χ3n) is 6.68. The Balaban J connectivity index is 1.15. The molecule has 1 aliphatic heterocycles. The number of nitrogens with one attached hydrogen (secondary N) is 1. The number of aromatic nitrogens is 1. The number of β-amino-alcohol motifs (C(OH)–C–C–N with tert-alkyl or cyclic N) is 1. The van der Waals surface area contributed by atoms with Crippen LogP contribution in [-0.2, 0) is 0 Å². The van der Waals surface area contributed by atoms with Gasteiger partial charge in [0.15, 0.2) is 11.5 Å². The summed E-state index contributed by atoms with van der Waals surface area (Å²) in [5, 5.41) is 12.8. The summed E-state index contributed by atoms with van der Waals surface area (Å²) in [6.07, 6.45) is -0.640. The molecule has 3 aromatic carbocycles. The first-order valence-corrected chi connectivity index (χ1v) is 12.1. The minimum Gasteiger partial charge on any atom is -0.493 e. The van der Waals surface area contributed by atoms with Crippen LogP contribution in [0.2, 0.25) is 0 Å². The van der Waals surface area contributed by atoms with Crippen molar-refractivity contribution >= 4 is 27.7 Å². The first kappa shape index (κ1) is 24.0. The molecule has 0 bridgehead atoms. The number of aromatic amines is 1. The molecule has 1 aliphatic rings. The number of methoxy groups -OCH3 is 2. The Morgan fingerprint density at radius 1 is 0.917 bits per heavy atom. The monoisotopic (exact) mass is 489 g/mol. The third kappa shape index (κ3) is 4.82. The number of carbonyl (C=O) groups excluding carboxylic acids is 1. The Morgan fingerprint density at radius 2 is 1.67 bits per heavy atom. The van der Waals surface area contributed by atoms with Crippen LogP contribution < -0.4 is 14.2 Å². The number of H-pyrrole nitrogens is 1. The highest BCUT2D eigenvalue weighted by Crippen LogP contribution is 2.33. The molecule has 8 heteroatoms. The lowest BCUT2D eigenvalue weighted by Crippen LogP contribution is -2.51. The Labute approximate surface area is 210 Å². The average Bonchev–Trinajstić information content (AvgIpc) is 3.31. The van der Waals surface area contributed by atoms with Gasteiger partial charge < -0.3 is 29.2 Å². The van der Waals surface area contributed by atoms with Gasteiger partial charge in [0.1, 0.15) is 18.5 Å². The number of hydrogen-bond acceptors (Lipinski definition) is 6. The van der Waals surface area contributed by atoms with Crippen LogP contribution in [0.3, 0.4) is 0 Å². The predicted molar refractivity (Wildman–Crippen MR) is 139 cm³/mol. The molecule has 8 nitrogen and oxygen atoms in total. The van der Waals surface area contributed by atoms with Crippen molar-refractivity contribution in [2.24, 2.45) is 0 Å². The number of aliphatic hydroxyl groups is 1. The van der Waals surface area contributed by atoms with Crippen LogP contribution in [0.5, 0.6) is 17.2 Å². The van der Waals surface area contributed by atoms with E-state index in [1.807, 2.05) is 41.3 Å². The van der Waals surface area contributed by atoms with E-state index in [4.69, 9.17) is 14.2 Å². The van der Waals surface area contributed by atoms with Gasteiger partial charge in [0.05, 0.1) is 19.7 Å². The van der Waals surface area contributed by atoms with Gasteiger partial charge in [-0.15, -0.1) is 0 Å². The summed E-state index contributed by atoms with van der Waals surface area (Å²) in [5.74, 6) is 1.85. The number of nitrogens with zero attached hydrogens (tertiary/aromatic N) is 2. The van der Waals surface area contributed by atoms with E-state index in [-0.39, 0.29) is 12.5 Å². The van der Waals surface area contributed by atoms with E-state index < -0.39 is 6.10 Å². The first-order valence-electron chi connectivity index (χ1n) is 12.1. The van der Waals surface area contributed by atoms with Crippen LogP contribution in [0.15, 0.2) is 60.7 Å². The molecule has 0 radical (unpaired) electrons. The second kappa shape index (κ2) is 10.5. The molecule has 0 spiro atoms. The molecule has 0 saturated carbocycles. The van der Waals surface area contributed by atoms with Gasteiger partial charge in [-0.05, 0) is 36.4 Å². The SMILES string of the molecule is COc1ccc(C(=O)N2CCN(CC(O)COc3cccc4[nH]c5ccccc5c34)CC2)cc1OC. The van der Waals surface area contributed by atoms with E-state index in [1.54, 1.807) is 32.4 Å². The summed E-state index contributed by atoms with van der Waals surface area (Å²) in [7, 11) is 3.13. The maximum atomic E-state index is 13.0. The zero-order chi connectivity index (χ0) is 25.1. The Kier molecular flexibility index (Phi) is 6.97. The van der Waals surface area contributed by atoms with Crippen molar-refractivity contribution in [3.05, 3.63) is 66.2 Å². The van der Waals surface area contributed by atoms with Crippen molar-refractivity contribution in [2.75, 3.05) is 53.6 Å². The minimum absolute atomic E-state index is 0.0358. The van der Waals surface area contributed by atoms with Gasteiger partial charge in [-0.25, -0.2) is 0 Å². The number of carbonyl (C=O) groups is 1. The number of ether oxygens (including phenoxy) is 3. The summed E-state index contributed by atoms with van der Waals surface area (Å²) < 4.78 is 16.6. The maximum Gasteiger partial charge on any atom is 0.254 e. The van der Waals surface area contributed by atoms with Crippen molar-refractivity contribution in [2.45, 2.75) is 6.10 Å². The quantitative estimate of drug-likeness (QED) is 0.394. The number of para-hydroxylation sites is 1. The molecular weight excluding hydrogens is 458 g/mol. The zero-order valence-corrected chi connectivity index (χ0v) is 20.6. The fraction of sp³-hybridized carbons (Fsp3) is 0.321. The smallest absolute Gasteiger partial charge is 0.254 e. The molecule has 1 atom stereocenters. The Morgan fingerprint density at radius 3 is 2.44 bits per heavy atom. The molecule has 36 heavy (non-hydrogen) atoms. The largest absolute Gasteiger partial charge is 0.493 e. The van der Waals surface area contributed by atoms with Crippen molar-refractivity contribution in [3.63, 3.8) is 0 Å². The average molecular weight is 490 g/mol. The van der Waals surface area contributed by atoms with Gasteiger partial charge in [-0.2, -0.15) is 0 Å². The van der Waals surface area contributed by atoms with E-state index in [9.17, 15) is 9.90 Å². The molecule has 1 fully saturated rings. The number of benzene rings is 3. The van der Waals surface area contributed by atoms with E-state index in [1.165, 1.54) is 0 Å². The number of aliphatic hydroxyl groups excluding tert-OH is 1. The number of fused-ring (bicyclic) bond motifs is 3. The summed E-state index contributed by atoms with van der Waals surface area (Å²) in [5.41, 5.74) is 2.64. The molecule has 5 rings (SSSR count). The first-order chi connectivity index (χ1) is 17.6. The van der Waals surface area contributed by atoms with Gasteiger partial charge in [0.25, 0.3) is 5.91 Å². The highest BCUT2D eigenvalue weighted by atomic mass is 16.5. The van der Waals surface area contributed by atoms with Crippen LogP contribution in [0, 0.1) is 0 Å².